The zero-order valence-electron chi connectivity index (χ0n) is 22.7. The Morgan fingerprint density at radius 2 is 1.95 bits per heavy atom. The highest BCUT2D eigenvalue weighted by atomic mass is 35.5. The predicted octanol–water partition coefficient (Wildman–Crippen LogP) is 6.94. The zero-order valence-corrected chi connectivity index (χ0v) is 23.4. The summed E-state index contributed by atoms with van der Waals surface area (Å²) in [6.45, 7) is 6.59. The van der Waals surface area contributed by atoms with E-state index in [2.05, 4.69) is 59.3 Å². The van der Waals surface area contributed by atoms with Crippen molar-refractivity contribution in [2.24, 2.45) is 5.92 Å². The van der Waals surface area contributed by atoms with Crippen LogP contribution in [0.25, 0.3) is 0 Å². The second kappa shape index (κ2) is 11.5. The highest BCUT2D eigenvalue weighted by Gasteiger charge is 2.39. The first kappa shape index (κ1) is 26.9. The monoisotopic (exact) mass is 523 g/mol. The quantitative estimate of drug-likeness (QED) is 0.406. The first-order valence-electron chi connectivity index (χ1n) is 13.0. The van der Waals surface area contributed by atoms with Gasteiger partial charge in [0.1, 0.15) is 5.76 Å². The Balaban J connectivity index is 1.87. The van der Waals surface area contributed by atoms with Crippen LogP contribution in [0.1, 0.15) is 51.6 Å². The standard InChI is InChI=1S/C30H38ClN3O3/c1-7-19(2)37-29-18-26-21(16-28(29)36-6)14-15-34(24-11-9-23(10-12-24)33(4)5)30(26)25-13-8-22(31)17-27(25)32-20(3)35/h8-13,17-19,21,30H,7,14-16H2,1-6H3,(H,32,35)/t19-,21?,30?/m1/s1. The van der Waals surface area contributed by atoms with E-state index in [1.807, 2.05) is 32.3 Å². The van der Waals surface area contributed by atoms with Gasteiger partial charge >= 0.3 is 0 Å². The topological polar surface area (TPSA) is 54.0 Å². The molecule has 1 aliphatic heterocycles. The van der Waals surface area contributed by atoms with Crippen molar-refractivity contribution in [2.45, 2.75) is 52.2 Å². The molecule has 3 atom stereocenters. The summed E-state index contributed by atoms with van der Waals surface area (Å²) in [6, 6.07) is 14.3. The lowest BCUT2D eigenvalue weighted by Crippen LogP contribution is -2.40. The number of fused-ring (bicyclic) bond motifs is 1. The Bertz CT molecular complexity index is 1190. The van der Waals surface area contributed by atoms with E-state index in [4.69, 9.17) is 21.1 Å². The summed E-state index contributed by atoms with van der Waals surface area (Å²) < 4.78 is 12.1. The molecule has 2 aliphatic rings. The van der Waals surface area contributed by atoms with Crippen molar-refractivity contribution in [3.8, 4) is 0 Å². The number of nitrogens with zero attached hydrogens (tertiary/aromatic N) is 2. The lowest BCUT2D eigenvalue weighted by Gasteiger charge is -2.45. The molecule has 2 aromatic rings. The van der Waals surface area contributed by atoms with Gasteiger partial charge in [0.25, 0.3) is 0 Å². The van der Waals surface area contributed by atoms with E-state index in [0.717, 1.165) is 60.0 Å². The summed E-state index contributed by atoms with van der Waals surface area (Å²) in [5.74, 6) is 1.88. The molecule has 1 heterocycles. The Hall–Kier alpha value is -3.12. The second-order valence-electron chi connectivity index (χ2n) is 10.1. The molecule has 1 fully saturated rings. The lowest BCUT2D eigenvalue weighted by molar-refractivity contribution is -0.114. The van der Waals surface area contributed by atoms with Crippen molar-refractivity contribution < 1.29 is 14.3 Å². The van der Waals surface area contributed by atoms with E-state index in [-0.39, 0.29) is 18.1 Å². The van der Waals surface area contributed by atoms with Gasteiger partial charge in [-0.1, -0.05) is 24.6 Å². The molecule has 1 amide bonds. The van der Waals surface area contributed by atoms with E-state index >= 15 is 0 Å². The number of rotatable bonds is 8. The minimum absolute atomic E-state index is 0.0794. The molecule has 0 bridgehead atoms. The fourth-order valence-corrected chi connectivity index (χ4v) is 5.36. The van der Waals surface area contributed by atoms with Gasteiger partial charge in [0, 0.05) is 61.6 Å². The van der Waals surface area contributed by atoms with Crippen molar-refractivity contribution in [1.29, 1.82) is 0 Å². The fourth-order valence-electron chi connectivity index (χ4n) is 5.18. The lowest BCUT2D eigenvalue weighted by atomic mass is 9.76. The highest BCUT2D eigenvalue weighted by molar-refractivity contribution is 6.31. The number of piperidine rings is 1. The second-order valence-corrected chi connectivity index (χ2v) is 10.5. The van der Waals surface area contributed by atoms with Crippen LogP contribution in [-0.2, 0) is 14.3 Å². The molecule has 1 N–H and O–H groups in total. The van der Waals surface area contributed by atoms with Crippen LogP contribution < -0.4 is 15.1 Å². The summed E-state index contributed by atoms with van der Waals surface area (Å²) in [7, 11) is 5.81. The van der Waals surface area contributed by atoms with Gasteiger partial charge in [-0.2, -0.15) is 0 Å². The molecule has 0 spiro atoms. The largest absolute Gasteiger partial charge is 0.497 e. The third kappa shape index (κ3) is 5.90. The van der Waals surface area contributed by atoms with E-state index in [0.29, 0.717) is 10.9 Å². The van der Waals surface area contributed by atoms with Crippen LogP contribution in [-0.4, -0.2) is 39.8 Å². The summed E-state index contributed by atoms with van der Waals surface area (Å²) in [5, 5.41) is 3.61. The average Bonchev–Trinajstić information content (AvgIpc) is 2.87. The molecule has 198 valence electrons. The zero-order chi connectivity index (χ0) is 26.7. The van der Waals surface area contributed by atoms with E-state index in [1.54, 1.807) is 7.11 Å². The number of carbonyl (C=O) groups excluding carboxylic acids is 1. The van der Waals surface area contributed by atoms with Gasteiger partial charge in [-0.3, -0.25) is 4.79 Å². The van der Waals surface area contributed by atoms with Crippen molar-refractivity contribution in [2.75, 3.05) is 42.9 Å². The van der Waals surface area contributed by atoms with Gasteiger partial charge in [-0.15, -0.1) is 0 Å². The molecular weight excluding hydrogens is 486 g/mol. The number of hydrogen-bond acceptors (Lipinski definition) is 5. The van der Waals surface area contributed by atoms with Gasteiger partial charge in [-0.05, 0) is 73.7 Å². The predicted molar refractivity (Wildman–Crippen MR) is 152 cm³/mol. The number of halogens is 1. The number of benzene rings is 2. The van der Waals surface area contributed by atoms with E-state index < -0.39 is 0 Å². The summed E-state index contributed by atoms with van der Waals surface area (Å²) in [5.41, 5.74) is 5.28. The molecule has 0 aromatic heterocycles. The Morgan fingerprint density at radius 3 is 2.57 bits per heavy atom. The number of ether oxygens (including phenoxy) is 2. The number of allylic oxidation sites excluding steroid dienone is 2. The number of nitrogens with one attached hydrogen (secondary N) is 1. The highest BCUT2D eigenvalue weighted by Crippen LogP contribution is 2.49. The molecule has 2 unspecified atom stereocenters. The first-order chi connectivity index (χ1) is 17.7. The number of hydrogen-bond donors (Lipinski definition) is 1. The van der Waals surface area contributed by atoms with Crippen LogP contribution in [0.2, 0.25) is 5.02 Å². The van der Waals surface area contributed by atoms with Crippen LogP contribution in [0.4, 0.5) is 17.1 Å². The van der Waals surface area contributed by atoms with E-state index in [9.17, 15) is 4.79 Å². The van der Waals surface area contributed by atoms with Gasteiger partial charge in [-0.25, -0.2) is 0 Å². The third-order valence-corrected chi connectivity index (χ3v) is 7.52. The minimum Gasteiger partial charge on any atom is -0.497 e. The number of carbonyl (C=O) groups is 1. The molecule has 2 aromatic carbocycles. The first-order valence-corrected chi connectivity index (χ1v) is 13.4. The van der Waals surface area contributed by atoms with Crippen molar-refractivity contribution in [3.05, 3.63) is 76.2 Å². The molecule has 0 saturated carbocycles. The number of amides is 1. The molecule has 1 aliphatic carbocycles. The average molecular weight is 524 g/mol. The Kier molecular flexibility index (Phi) is 8.38. The Morgan fingerprint density at radius 1 is 1.22 bits per heavy atom. The van der Waals surface area contributed by atoms with Crippen LogP contribution >= 0.6 is 11.6 Å². The summed E-state index contributed by atoms with van der Waals surface area (Å²) >= 11 is 6.38. The van der Waals surface area contributed by atoms with Crippen LogP contribution in [0.15, 0.2) is 65.6 Å². The Labute approximate surface area is 225 Å². The molecule has 1 saturated heterocycles. The maximum Gasteiger partial charge on any atom is 0.221 e. The van der Waals surface area contributed by atoms with E-state index in [1.165, 1.54) is 12.5 Å². The van der Waals surface area contributed by atoms with Crippen LogP contribution in [0, 0.1) is 5.92 Å². The smallest absolute Gasteiger partial charge is 0.221 e. The third-order valence-electron chi connectivity index (χ3n) is 7.29. The minimum atomic E-state index is -0.127. The molecule has 37 heavy (non-hydrogen) atoms. The maximum absolute atomic E-state index is 12.2. The van der Waals surface area contributed by atoms with Crippen molar-refractivity contribution in [3.63, 3.8) is 0 Å². The number of methoxy groups -OCH3 is 1. The molecule has 4 rings (SSSR count). The van der Waals surface area contributed by atoms with Crippen LogP contribution in [0.5, 0.6) is 0 Å². The van der Waals surface area contributed by atoms with Gasteiger partial charge in [0.15, 0.2) is 5.76 Å². The van der Waals surface area contributed by atoms with Crippen molar-refractivity contribution in [1.82, 2.24) is 0 Å². The van der Waals surface area contributed by atoms with Gasteiger partial charge in [0.2, 0.25) is 5.91 Å². The van der Waals surface area contributed by atoms with Gasteiger partial charge < -0.3 is 24.6 Å². The molecule has 6 nitrogen and oxygen atoms in total. The van der Waals surface area contributed by atoms with Crippen LogP contribution in [0.3, 0.4) is 0 Å². The summed E-state index contributed by atoms with van der Waals surface area (Å²) in [4.78, 5) is 16.7. The van der Waals surface area contributed by atoms with Crippen molar-refractivity contribution >= 4 is 34.6 Å². The maximum atomic E-state index is 12.2. The molecule has 0 radical (unpaired) electrons. The fraction of sp³-hybridized carbons (Fsp3) is 0.433. The molecule has 7 heteroatoms. The van der Waals surface area contributed by atoms with Gasteiger partial charge in [0.05, 0.1) is 19.3 Å². The normalized spacial score (nSPS) is 20.1. The molecular formula is C30H38ClN3O3. The SMILES string of the molecule is CC[C@@H](C)OC1=C(OC)CC2CCN(c3ccc(N(C)C)cc3)C(c3ccc(Cl)cc3NC(C)=O)C2=C1. The number of anilines is 3. The summed E-state index contributed by atoms with van der Waals surface area (Å²) in [6.07, 6.45) is 4.95.